The lowest BCUT2D eigenvalue weighted by Gasteiger charge is -2.07. The van der Waals surface area contributed by atoms with Crippen LogP contribution in [0.15, 0.2) is 42.6 Å². The SMILES string of the molecule is CC(=O)c1ccc(NCc2ccccn2)c([N+](=O)[O-])c1. The van der Waals surface area contributed by atoms with Gasteiger partial charge < -0.3 is 5.32 Å². The third-order valence-electron chi connectivity index (χ3n) is 2.79. The largest absolute Gasteiger partial charge is 0.374 e. The number of Topliss-reactive ketones (excluding diaryl/α,β-unsaturated/α-hetero) is 1. The van der Waals surface area contributed by atoms with Gasteiger partial charge in [0.2, 0.25) is 0 Å². The second kappa shape index (κ2) is 5.92. The number of nitrogens with one attached hydrogen (secondary N) is 1. The van der Waals surface area contributed by atoms with Crippen LogP contribution in [-0.2, 0) is 6.54 Å². The van der Waals surface area contributed by atoms with E-state index in [-0.39, 0.29) is 11.5 Å². The second-order valence-corrected chi connectivity index (χ2v) is 4.22. The molecule has 0 saturated carbocycles. The van der Waals surface area contributed by atoms with E-state index in [1.807, 2.05) is 12.1 Å². The molecule has 0 unspecified atom stereocenters. The zero-order valence-corrected chi connectivity index (χ0v) is 10.9. The van der Waals surface area contributed by atoms with E-state index in [0.717, 1.165) is 5.69 Å². The quantitative estimate of drug-likeness (QED) is 0.513. The van der Waals surface area contributed by atoms with Crippen LogP contribution in [0.5, 0.6) is 0 Å². The van der Waals surface area contributed by atoms with Gasteiger partial charge >= 0.3 is 0 Å². The van der Waals surface area contributed by atoms with Crippen LogP contribution in [0.3, 0.4) is 0 Å². The maximum atomic E-state index is 11.3. The minimum absolute atomic E-state index is 0.117. The molecular weight excluding hydrogens is 258 g/mol. The van der Waals surface area contributed by atoms with E-state index >= 15 is 0 Å². The highest BCUT2D eigenvalue weighted by Gasteiger charge is 2.15. The Morgan fingerprint density at radius 3 is 2.75 bits per heavy atom. The monoisotopic (exact) mass is 271 g/mol. The van der Waals surface area contributed by atoms with Crippen molar-refractivity contribution in [3.8, 4) is 0 Å². The predicted octanol–water partition coefficient (Wildman–Crippen LogP) is 2.80. The number of nitro groups is 1. The number of nitrogens with zero attached hydrogens (tertiary/aromatic N) is 2. The number of rotatable bonds is 5. The molecule has 2 aromatic rings. The Kier molecular flexibility index (Phi) is 4.05. The number of hydrogen-bond donors (Lipinski definition) is 1. The predicted molar refractivity (Wildman–Crippen MR) is 74.7 cm³/mol. The molecule has 0 spiro atoms. The Bertz CT molecular complexity index is 641. The lowest BCUT2D eigenvalue weighted by molar-refractivity contribution is -0.384. The van der Waals surface area contributed by atoms with Crippen molar-refractivity contribution in [2.45, 2.75) is 13.5 Å². The van der Waals surface area contributed by atoms with Gasteiger partial charge in [-0.05, 0) is 31.2 Å². The summed E-state index contributed by atoms with van der Waals surface area (Å²) in [6.07, 6.45) is 1.66. The van der Waals surface area contributed by atoms with Gasteiger partial charge in [0.15, 0.2) is 5.78 Å². The van der Waals surface area contributed by atoms with Gasteiger partial charge in [-0.2, -0.15) is 0 Å². The number of ketones is 1. The van der Waals surface area contributed by atoms with Crippen LogP contribution in [0, 0.1) is 10.1 Å². The fourth-order valence-electron chi connectivity index (χ4n) is 1.74. The number of pyridine rings is 1. The molecule has 1 aromatic carbocycles. The van der Waals surface area contributed by atoms with Gasteiger partial charge in [-0.1, -0.05) is 6.07 Å². The first-order chi connectivity index (χ1) is 9.58. The Labute approximate surface area is 115 Å². The molecule has 0 saturated heterocycles. The maximum Gasteiger partial charge on any atom is 0.293 e. The van der Waals surface area contributed by atoms with E-state index in [2.05, 4.69) is 10.3 Å². The molecule has 1 N–H and O–H groups in total. The number of carbonyl (C=O) groups excluding carboxylic acids is 1. The molecule has 0 radical (unpaired) electrons. The third-order valence-corrected chi connectivity index (χ3v) is 2.79. The van der Waals surface area contributed by atoms with Gasteiger partial charge in [0, 0.05) is 17.8 Å². The Hall–Kier alpha value is -2.76. The van der Waals surface area contributed by atoms with E-state index in [4.69, 9.17) is 0 Å². The van der Waals surface area contributed by atoms with Crippen molar-refractivity contribution in [3.63, 3.8) is 0 Å². The van der Waals surface area contributed by atoms with E-state index in [0.29, 0.717) is 17.8 Å². The van der Waals surface area contributed by atoms with Crippen LogP contribution >= 0.6 is 0 Å². The zero-order chi connectivity index (χ0) is 14.5. The van der Waals surface area contributed by atoms with Gasteiger partial charge in [0.05, 0.1) is 17.2 Å². The number of carbonyl (C=O) groups is 1. The summed E-state index contributed by atoms with van der Waals surface area (Å²) in [5.41, 5.74) is 1.34. The lowest BCUT2D eigenvalue weighted by Crippen LogP contribution is -2.05. The molecule has 0 aliphatic carbocycles. The molecule has 0 atom stereocenters. The van der Waals surface area contributed by atoms with E-state index in [1.165, 1.54) is 19.1 Å². The van der Waals surface area contributed by atoms with Gasteiger partial charge in [-0.3, -0.25) is 19.9 Å². The van der Waals surface area contributed by atoms with Crippen LogP contribution in [0.2, 0.25) is 0 Å². The smallest absolute Gasteiger partial charge is 0.293 e. The molecule has 20 heavy (non-hydrogen) atoms. The summed E-state index contributed by atoms with van der Waals surface area (Å²) in [6, 6.07) is 9.85. The van der Waals surface area contributed by atoms with Crippen LogP contribution < -0.4 is 5.32 Å². The number of hydrogen-bond acceptors (Lipinski definition) is 5. The van der Waals surface area contributed by atoms with E-state index in [9.17, 15) is 14.9 Å². The number of benzene rings is 1. The highest BCUT2D eigenvalue weighted by Crippen LogP contribution is 2.26. The summed E-state index contributed by atoms with van der Waals surface area (Å²) in [7, 11) is 0. The summed E-state index contributed by atoms with van der Waals surface area (Å²) < 4.78 is 0. The minimum atomic E-state index is -0.507. The minimum Gasteiger partial charge on any atom is -0.374 e. The maximum absolute atomic E-state index is 11.3. The summed E-state index contributed by atoms with van der Waals surface area (Å²) in [5.74, 6) is -0.204. The zero-order valence-electron chi connectivity index (χ0n) is 10.9. The molecule has 0 fully saturated rings. The topological polar surface area (TPSA) is 85.1 Å². The second-order valence-electron chi connectivity index (χ2n) is 4.22. The fourth-order valence-corrected chi connectivity index (χ4v) is 1.74. The molecule has 2 rings (SSSR count). The summed E-state index contributed by atoms with van der Waals surface area (Å²) in [6.45, 7) is 1.75. The van der Waals surface area contributed by atoms with Crippen LogP contribution in [0.25, 0.3) is 0 Å². The Balaban J connectivity index is 2.23. The fraction of sp³-hybridized carbons (Fsp3) is 0.143. The van der Waals surface area contributed by atoms with E-state index in [1.54, 1.807) is 18.3 Å². The first-order valence-electron chi connectivity index (χ1n) is 6.01. The average molecular weight is 271 g/mol. The molecule has 6 nitrogen and oxygen atoms in total. The molecule has 0 aliphatic heterocycles. The molecule has 0 amide bonds. The standard InChI is InChI=1S/C14H13N3O3/c1-10(18)11-5-6-13(14(8-11)17(19)20)16-9-12-4-2-3-7-15-12/h2-8,16H,9H2,1H3. The molecular formula is C14H13N3O3. The van der Waals surface area contributed by atoms with Crippen molar-refractivity contribution >= 4 is 17.2 Å². The molecule has 0 bridgehead atoms. The van der Waals surface area contributed by atoms with Crippen molar-refractivity contribution < 1.29 is 9.72 Å². The molecule has 1 aromatic heterocycles. The first-order valence-corrected chi connectivity index (χ1v) is 6.01. The van der Waals surface area contributed by atoms with Crippen LogP contribution in [0.1, 0.15) is 23.0 Å². The van der Waals surface area contributed by atoms with Crippen molar-refractivity contribution in [1.29, 1.82) is 0 Å². The summed E-state index contributed by atoms with van der Waals surface area (Å²) in [5, 5.41) is 14.0. The molecule has 6 heteroatoms. The van der Waals surface area contributed by atoms with Crippen LogP contribution in [0.4, 0.5) is 11.4 Å². The van der Waals surface area contributed by atoms with E-state index < -0.39 is 4.92 Å². The van der Waals surface area contributed by atoms with Crippen molar-refractivity contribution in [1.82, 2.24) is 4.98 Å². The highest BCUT2D eigenvalue weighted by molar-refractivity contribution is 5.95. The Morgan fingerprint density at radius 2 is 2.15 bits per heavy atom. The third kappa shape index (κ3) is 3.17. The molecule has 102 valence electrons. The van der Waals surface area contributed by atoms with Gasteiger partial charge in [-0.15, -0.1) is 0 Å². The van der Waals surface area contributed by atoms with Crippen LogP contribution in [-0.4, -0.2) is 15.7 Å². The van der Waals surface area contributed by atoms with Crippen molar-refractivity contribution in [2.24, 2.45) is 0 Å². The molecule has 0 aliphatic rings. The lowest BCUT2D eigenvalue weighted by atomic mass is 10.1. The molecule has 1 heterocycles. The first kappa shape index (κ1) is 13.7. The van der Waals surface area contributed by atoms with Gasteiger partial charge in [-0.25, -0.2) is 0 Å². The summed E-state index contributed by atoms with van der Waals surface area (Å²) >= 11 is 0. The average Bonchev–Trinajstić information content (AvgIpc) is 2.45. The van der Waals surface area contributed by atoms with Gasteiger partial charge in [0.1, 0.15) is 5.69 Å². The number of nitro benzene ring substituents is 1. The van der Waals surface area contributed by atoms with Crippen molar-refractivity contribution in [3.05, 3.63) is 64.0 Å². The summed E-state index contributed by atoms with van der Waals surface area (Å²) in [4.78, 5) is 25.9. The van der Waals surface area contributed by atoms with Crippen molar-refractivity contribution in [2.75, 3.05) is 5.32 Å². The normalized spacial score (nSPS) is 10.1. The Morgan fingerprint density at radius 1 is 1.35 bits per heavy atom. The highest BCUT2D eigenvalue weighted by atomic mass is 16.6. The number of aromatic nitrogens is 1. The number of anilines is 1. The van der Waals surface area contributed by atoms with Gasteiger partial charge in [0.25, 0.3) is 5.69 Å².